The molecule has 12 rings (SSSR count). The summed E-state index contributed by atoms with van der Waals surface area (Å²) in [6.45, 7) is 0. The molecule has 0 spiro atoms. The average molecular weight is 776 g/mol. The van der Waals surface area contributed by atoms with Crippen LogP contribution in [0.2, 0.25) is 0 Å². The fraction of sp³-hybridized carbons (Fsp3) is 0. The molecular weight excluding hydrogens is 731 g/mol. The van der Waals surface area contributed by atoms with E-state index >= 15 is 0 Å². The Morgan fingerprint density at radius 3 is 1.33 bits per heavy atom. The SMILES string of the molecule is [2H]c1ccc(N(c2ccc3c(c2)sc2c3c3cc(-c4ccccc4)cc4c5c6ccc(N(c7ccc([2H])cc7)c7c([2H])c([2H])c([2H])c([2H])c7[2H])cc6sc5n2c34)c2c([2H])c([2H])c([2H])c([2H])c2[2H])cc1. The molecule has 12 aromatic rings. The molecule has 0 radical (unpaired) electrons. The summed E-state index contributed by atoms with van der Waals surface area (Å²) in [7, 11) is 0. The zero-order valence-electron chi connectivity index (χ0n) is 41.8. The van der Waals surface area contributed by atoms with Gasteiger partial charge in [0.05, 0.1) is 22.0 Å². The van der Waals surface area contributed by atoms with Crippen molar-refractivity contribution in [3.05, 3.63) is 200 Å². The first-order valence-corrected chi connectivity index (χ1v) is 19.9. The summed E-state index contributed by atoms with van der Waals surface area (Å²) < 4.78 is 107. The van der Waals surface area contributed by atoms with Crippen molar-refractivity contribution < 1.29 is 16.4 Å². The largest absolute Gasteiger partial charge is 0.310 e. The number of hydrogen-bond donors (Lipinski definition) is 0. The van der Waals surface area contributed by atoms with E-state index in [4.69, 9.17) is 16.4 Å². The molecule has 0 fully saturated rings. The van der Waals surface area contributed by atoms with Crippen molar-refractivity contribution in [2.75, 3.05) is 9.80 Å². The fourth-order valence-electron chi connectivity index (χ4n) is 8.19. The number of para-hydroxylation sites is 4. The number of anilines is 6. The maximum atomic E-state index is 8.96. The fourth-order valence-corrected chi connectivity index (χ4v) is 10.8. The first kappa shape index (κ1) is 22.6. The molecule has 4 heterocycles. The van der Waals surface area contributed by atoms with Gasteiger partial charge in [-0.1, -0.05) is 115 Å². The lowest BCUT2D eigenvalue weighted by Gasteiger charge is -2.25. The third kappa shape index (κ3) is 5.03. The van der Waals surface area contributed by atoms with Crippen molar-refractivity contribution in [1.82, 2.24) is 4.40 Å². The van der Waals surface area contributed by atoms with Gasteiger partial charge in [-0.15, -0.1) is 22.7 Å². The Morgan fingerprint density at radius 2 is 0.860 bits per heavy atom. The van der Waals surface area contributed by atoms with Crippen LogP contribution in [0.5, 0.6) is 0 Å². The van der Waals surface area contributed by atoms with Crippen LogP contribution in [0.3, 0.4) is 0 Å². The Hall–Kier alpha value is -6.92. The van der Waals surface area contributed by atoms with Crippen LogP contribution in [0.1, 0.15) is 16.4 Å². The molecule has 4 aromatic heterocycles. The van der Waals surface area contributed by atoms with E-state index in [1.165, 1.54) is 0 Å². The molecule has 5 heteroatoms. The summed E-state index contributed by atoms with van der Waals surface area (Å²) in [4.78, 5) is 5.32. The van der Waals surface area contributed by atoms with Crippen molar-refractivity contribution >= 4 is 114 Å². The molecule has 0 atom stereocenters. The topological polar surface area (TPSA) is 10.9 Å². The minimum atomic E-state index is -0.485. The number of aromatic nitrogens is 1. The quantitative estimate of drug-likeness (QED) is 0.160. The van der Waals surface area contributed by atoms with Crippen LogP contribution in [-0.2, 0) is 0 Å². The van der Waals surface area contributed by atoms with Crippen LogP contribution in [0.15, 0.2) is 200 Å². The average Bonchev–Trinajstić information content (AvgIpc) is 4.10. The van der Waals surface area contributed by atoms with Gasteiger partial charge in [0.1, 0.15) is 9.66 Å². The highest BCUT2D eigenvalue weighted by atomic mass is 32.1. The Morgan fingerprint density at radius 1 is 0.386 bits per heavy atom. The molecule has 268 valence electrons. The van der Waals surface area contributed by atoms with Crippen LogP contribution in [-0.4, -0.2) is 4.40 Å². The second-order valence-electron chi connectivity index (χ2n) is 13.7. The van der Waals surface area contributed by atoms with Crippen molar-refractivity contribution in [1.29, 1.82) is 0 Å². The summed E-state index contributed by atoms with van der Waals surface area (Å²) in [6.07, 6.45) is 0. The standard InChI is InChI=1S/C52H33N3S2/c1-6-16-34(17-7-1)35-30-44-48-42-28-26-40(53(36-18-8-2-9-19-36)37-20-10-3-11-21-37)32-46(42)56-51(48)55-50(44)45(31-35)49-43-29-27-41(33-47(43)57-52(49)55)54(38-22-12-4-13-23-38)39-24-14-5-15-25-39/h1-33H/i2D,3D,4D,5D,8D,9D,12D,13D,18D,19D,22D,23D. The number of benzene rings is 8. The van der Waals surface area contributed by atoms with Crippen LogP contribution < -0.4 is 9.80 Å². The molecule has 0 aliphatic heterocycles. The molecule has 0 saturated carbocycles. The van der Waals surface area contributed by atoms with Gasteiger partial charge in [0.2, 0.25) is 0 Å². The van der Waals surface area contributed by atoms with E-state index in [1.54, 1.807) is 81.0 Å². The second kappa shape index (κ2) is 12.8. The maximum Gasteiger partial charge on any atom is 0.110 e. The van der Waals surface area contributed by atoms with Gasteiger partial charge in [-0.25, -0.2) is 0 Å². The highest BCUT2D eigenvalue weighted by molar-refractivity contribution is 7.27. The highest BCUT2D eigenvalue weighted by Gasteiger charge is 2.26. The van der Waals surface area contributed by atoms with E-state index in [9.17, 15) is 0 Å². The van der Waals surface area contributed by atoms with Crippen LogP contribution in [0.4, 0.5) is 34.1 Å². The molecule has 0 N–H and O–H groups in total. The zero-order valence-corrected chi connectivity index (χ0v) is 31.4. The van der Waals surface area contributed by atoms with E-state index in [2.05, 4.69) is 28.7 Å². The highest BCUT2D eigenvalue weighted by Crippen LogP contribution is 2.52. The molecule has 3 nitrogen and oxygen atoms in total. The molecule has 57 heavy (non-hydrogen) atoms. The van der Waals surface area contributed by atoms with E-state index in [1.807, 2.05) is 54.6 Å². The van der Waals surface area contributed by atoms with Crippen LogP contribution in [0.25, 0.3) is 68.0 Å². The van der Waals surface area contributed by atoms with Crippen molar-refractivity contribution in [2.45, 2.75) is 0 Å². The van der Waals surface area contributed by atoms with Crippen molar-refractivity contribution in [3.63, 3.8) is 0 Å². The van der Waals surface area contributed by atoms with Crippen LogP contribution >= 0.6 is 22.7 Å². The Balaban J connectivity index is 1.12. The van der Waals surface area contributed by atoms with Gasteiger partial charge in [0.15, 0.2) is 0 Å². The van der Waals surface area contributed by atoms with Gasteiger partial charge in [-0.3, -0.25) is 4.40 Å². The Labute approximate surface area is 354 Å². The van der Waals surface area contributed by atoms with Gasteiger partial charge in [-0.05, 0) is 96.0 Å². The molecular formula is C52H33N3S2. The summed E-state index contributed by atoms with van der Waals surface area (Å²) in [6, 6.07) is 36.2. The van der Waals surface area contributed by atoms with E-state index in [0.717, 1.165) is 68.0 Å². The third-order valence-electron chi connectivity index (χ3n) is 10.6. The van der Waals surface area contributed by atoms with Gasteiger partial charge >= 0.3 is 0 Å². The number of thiophene rings is 2. The van der Waals surface area contributed by atoms with Crippen molar-refractivity contribution in [2.24, 2.45) is 0 Å². The first-order chi connectivity index (χ1) is 33.2. The Kier molecular flexibility index (Phi) is 5.08. The molecule has 0 bridgehead atoms. The molecule has 0 amide bonds. The first-order valence-electron chi connectivity index (χ1n) is 24.3. The minimum Gasteiger partial charge on any atom is -0.310 e. The van der Waals surface area contributed by atoms with Crippen LogP contribution in [0, 0.1) is 0 Å². The summed E-state index contributed by atoms with van der Waals surface area (Å²) in [5.41, 5.74) is 5.37. The number of hydrogen-bond acceptors (Lipinski definition) is 4. The van der Waals surface area contributed by atoms with Gasteiger partial charge in [-0.2, -0.15) is 0 Å². The lowest BCUT2D eigenvalue weighted by Crippen LogP contribution is -2.09. The van der Waals surface area contributed by atoms with E-state index < -0.39 is 36.3 Å². The lowest BCUT2D eigenvalue weighted by molar-refractivity contribution is 1.29. The van der Waals surface area contributed by atoms with Gasteiger partial charge in [0, 0.05) is 75.8 Å². The zero-order chi connectivity index (χ0) is 47.9. The number of fused-ring (bicyclic) bond motifs is 10. The normalized spacial score (nSPS) is 14.8. The summed E-state index contributed by atoms with van der Waals surface area (Å²) in [5, 5.41) is 6.21. The lowest BCUT2D eigenvalue weighted by atomic mass is 9.99. The predicted molar refractivity (Wildman–Crippen MR) is 247 cm³/mol. The van der Waals surface area contributed by atoms with E-state index in [-0.39, 0.29) is 47.6 Å². The predicted octanol–water partition coefficient (Wildman–Crippen LogP) is 15.9. The third-order valence-corrected chi connectivity index (χ3v) is 12.8. The molecule has 0 unspecified atom stereocenters. The number of nitrogens with zero attached hydrogens (tertiary/aromatic N) is 3. The second-order valence-corrected chi connectivity index (χ2v) is 15.7. The van der Waals surface area contributed by atoms with E-state index in [0.29, 0.717) is 22.7 Å². The van der Waals surface area contributed by atoms with Gasteiger partial charge in [0.25, 0.3) is 0 Å². The monoisotopic (exact) mass is 775 g/mol. The summed E-state index contributed by atoms with van der Waals surface area (Å²) >= 11 is 3.20. The Bertz CT molecular complexity index is 3810. The summed E-state index contributed by atoms with van der Waals surface area (Å²) in [5.74, 6) is 0. The van der Waals surface area contributed by atoms with Crippen molar-refractivity contribution in [3.8, 4) is 11.1 Å². The maximum absolute atomic E-state index is 8.96. The molecule has 0 aliphatic rings. The van der Waals surface area contributed by atoms with Gasteiger partial charge < -0.3 is 9.80 Å². The smallest absolute Gasteiger partial charge is 0.110 e. The molecule has 0 saturated heterocycles. The molecule has 0 aliphatic carbocycles. The minimum absolute atomic E-state index is 0.00274. The number of rotatable bonds is 7. The molecule has 8 aromatic carbocycles.